The van der Waals surface area contributed by atoms with E-state index in [1.54, 1.807) is 23.1 Å². The van der Waals surface area contributed by atoms with Crippen molar-refractivity contribution in [3.63, 3.8) is 0 Å². The van der Waals surface area contributed by atoms with Gasteiger partial charge in [-0.25, -0.2) is 13.1 Å². The molecule has 0 saturated heterocycles. The van der Waals surface area contributed by atoms with E-state index >= 15 is 0 Å². The molecule has 0 unspecified atom stereocenters. The summed E-state index contributed by atoms with van der Waals surface area (Å²) in [5.41, 5.74) is 1.64. The molecule has 1 heterocycles. The fourth-order valence-corrected chi connectivity index (χ4v) is 4.63. The topological polar surface area (TPSA) is 55.2 Å². The molecule has 0 aliphatic rings. The Balaban J connectivity index is 1.85. The number of halogens is 2. The smallest absolute Gasteiger partial charge is 0.241 e. The van der Waals surface area contributed by atoms with E-state index in [0.29, 0.717) is 0 Å². The van der Waals surface area contributed by atoms with Gasteiger partial charge < -0.3 is 0 Å². The fraction of sp³-hybridized carbons (Fsp3) is 0.118. The number of hydrogen-bond donors (Lipinski definition) is 0. The molecule has 0 aliphatic carbocycles. The predicted molar refractivity (Wildman–Crippen MR) is 98.7 cm³/mol. The number of nitrogens with zero attached hydrogens (tertiary/aromatic N) is 3. The molecule has 130 valence electrons. The molecule has 0 amide bonds. The van der Waals surface area contributed by atoms with Crippen LogP contribution in [0.5, 0.6) is 0 Å². The van der Waals surface area contributed by atoms with E-state index in [4.69, 9.17) is 23.2 Å². The van der Waals surface area contributed by atoms with Crippen molar-refractivity contribution in [2.45, 2.75) is 11.4 Å². The summed E-state index contributed by atoms with van der Waals surface area (Å²) in [6.45, 7) is 0.150. The van der Waals surface area contributed by atoms with Crippen LogP contribution in [0.1, 0.15) is 5.56 Å². The van der Waals surface area contributed by atoms with Gasteiger partial charge in [0.25, 0.3) is 0 Å². The van der Waals surface area contributed by atoms with Crippen molar-refractivity contribution in [2.24, 2.45) is 0 Å². The second kappa shape index (κ2) is 7.17. The van der Waals surface area contributed by atoms with E-state index in [1.165, 1.54) is 23.5 Å². The number of sulfonamides is 1. The number of benzene rings is 2. The Hall–Kier alpha value is -1.86. The number of para-hydroxylation sites is 1. The zero-order valence-electron chi connectivity index (χ0n) is 13.3. The Morgan fingerprint density at radius 3 is 2.32 bits per heavy atom. The Bertz CT molecular complexity index is 968. The van der Waals surface area contributed by atoms with E-state index in [2.05, 4.69) is 5.10 Å². The molecule has 0 N–H and O–H groups in total. The summed E-state index contributed by atoms with van der Waals surface area (Å²) in [6.07, 6.45) is 3.42. The normalized spacial score (nSPS) is 11.8. The molecular weight excluding hydrogens is 381 g/mol. The lowest BCUT2D eigenvalue weighted by Crippen LogP contribution is -2.26. The summed E-state index contributed by atoms with van der Waals surface area (Å²) in [5.74, 6) is 0. The van der Waals surface area contributed by atoms with Crippen LogP contribution < -0.4 is 0 Å². The third-order valence-electron chi connectivity index (χ3n) is 3.65. The minimum atomic E-state index is -3.82. The van der Waals surface area contributed by atoms with Gasteiger partial charge in [-0.2, -0.15) is 9.40 Å². The summed E-state index contributed by atoms with van der Waals surface area (Å²) in [5, 5.41) is 4.47. The lowest BCUT2D eigenvalue weighted by Gasteiger charge is -2.18. The van der Waals surface area contributed by atoms with Crippen LogP contribution in [0.2, 0.25) is 10.0 Å². The average molecular weight is 396 g/mol. The molecule has 0 fully saturated rings. The minimum Gasteiger partial charge on any atom is -0.241 e. The van der Waals surface area contributed by atoms with Crippen LogP contribution in [0.25, 0.3) is 5.69 Å². The molecule has 0 aliphatic heterocycles. The molecule has 0 bridgehead atoms. The van der Waals surface area contributed by atoms with Crippen LogP contribution in [0, 0.1) is 0 Å². The van der Waals surface area contributed by atoms with Gasteiger partial charge in [-0.1, -0.05) is 47.5 Å². The van der Waals surface area contributed by atoms with Crippen molar-refractivity contribution >= 4 is 33.2 Å². The molecule has 0 spiro atoms. The zero-order chi connectivity index (χ0) is 18.0. The maximum atomic E-state index is 12.8. The van der Waals surface area contributed by atoms with Crippen LogP contribution in [-0.2, 0) is 16.6 Å². The standard InChI is InChI=1S/C17H15Cl2N3O2S/c1-21(25(23,24)17-15(18)8-5-9-16(17)19)11-13-10-20-22(12-13)14-6-3-2-4-7-14/h2-10,12H,11H2,1H3. The summed E-state index contributed by atoms with van der Waals surface area (Å²) in [6, 6.07) is 14.2. The molecule has 0 saturated carbocycles. The van der Waals surface area contributed by atoms with Crippen LogP contribution >= 0.6 is 23.2 Å². The first-order chi connectivity index (χ1) is 11.9. The van der Waals surface area contributed by atoms with Gasteiger partial charge in [0.1, 0.15) is 4.90 Å². The monoisotopic (exact) mass is 395 g/mol. The summed E-state index contributed by atoms with van der Waals surface area (Å²) < 4.78 is 28.5. The Labute approximate surface area is 156 Å². The molecule has 8 heteroatoms. The van der Waals surface area contributed by atoms with Crippen molar-refractivity contribution < 1.29 is 8.42 Å². The van der Waals surface area contributed by atoms with Gasteiger partial charge in [0.15, 0.2) is 0 Å². The zero-order valence-corrected chi connectivity index (χ0v) is 15.6. The van der Waals surface area contributed by atoms with Gasteiger partial charge in [0.05, 0.1) is 21.9 Å². The highest BCUT2D eigenvalue weighted by Gasteiger charge is 2.26. The minimum absolute atomic E-state index is 0.0868. The van der Waals surface area contributed by atoms with Gasteiger partial charge in [0.2, 0.25) is 10.0 Å². The molecule has 1 aromatic heterocycles. The molecule has 0 radical (unpaired) electrons. The first-order valence-electron chi connectivity index (χ1n) is 7.39. The van der Waals surface area contributed by atoms with Crippen molar-refractivity contribution in [2.75, 3.05) is 7.05 Å². The third-order valence-corrected chi connectivity index (χ3v) is 6.41. The third kappa shape index (κ3) is 3.72. The van der Waals surface area contributed by atoms with Crippen LogP contribution in [-0.4, -0.2) is 29.6 Å². The van der Waals surface area contributed by atoms with Gasteiger partial charge in [-0.05, 0) is 24.3 Å². The first kappa shape index (κ1) is 17.9. The van der Waals surface area contributed by atoms with Gasteiger partial charge in [0, 0.05) is 25.4 Å². The maximum Gasteiger partial charge on any atom is 0.246 e. The molecule has 5 nitrogen and oxygen atoms in total. The lowest BCUT2D eigenvalue weighted by atomic mass is 10.3. The average Bonchev–Trinajstić information content (AvgIpc) is 3.04. The van der Waals surface area contributed by atoms with E-state index in [1.807, 2.05) is 30.3 Å². The molecule has 2 aromatic carbocycles. The highest BCUT2D eigenvalue weighted by Crippen LogP contribution is 2.31. The van der Waals surface area contributed by atoms with Crippen LogP contribution in [0.15, 0.2) is 65.8 Å². The quantitative estimate of drug-likeness (QED) is 0.655. The van der Waals surface area contributed by atoms with Crippen molar-refractivity contribution in [3.8, 4) is 5.69 Å². The van der Waals surface area contributed by atoms with Crippen LogP contribution in [0.4, 0.5) is 0 Å². The Morgan fingerprint density at radius 2 is 1.68 bits per heavy atom. The first-order valence-corrected chi connectivity index (χ1v) is 9.58. The number of hydrogen-bond acceptors (Lipinski definition) is 3. The molecule has 3 aromatic rings. The van der Waals surface area contributed by atoms with Crippen molar-refractivity contribution in [1.82, 2.24) is 14.1 Å². The maximum absolute atomic E-state index is 12.8. The lowest BCUT2D eigenvalue weighted by molar-refractivity contribution is 0.467. The van der Waals surface area contributed by atoms with E-state index in [0.717, 1.165) is 11.3 Å². The SMILES string of the molecule is CN(Cc1cnn(-c2ccccc2)c1)S(=O)(=O)c1c(Cl)cccc1Cl. The van der Waals surface area contributed by atoms with Crippen molar-refractivity contribution in [3.05, 3.63) is 76.5 Å². The van der Waals surface area contributed by atoms with E-state index < -0.39 is 10.0 Å². The summed E-state index contributed by atoms with van der Waals surface area (Å²) >= 11 is 12.1. The van der Waals surface area contributed by atoms with Gasteiger partial charge in [-0.15, -0.1) is 0 Å². The Morgan fingerprint density at radius 1 is 1.04 bits per heavy atom. The Kier molecular flexibility index (Phi) is 5.15. The largest absolute Gasteiger partial charge is 0.246 e. The summed E-state index contributed by atoms with van der Waals surface area (Å²) in [4.78, 5) is -0.0868. The molecule has 0 atom stereocenters. The van der Waals surface area contributed by atoms with Gasteiger partial charge >= 0.3 is 0 Å². The predicted octanol–water partition coefficient (Wildman–Crippen LogP) is 4.00. The number of rotatable bonds is 5. The highest BCUT2D eigenvalue weighted by atomic mass is 35.5. The summed E-state index contributed by atoms with van der Waals surface area (Å²) in [7, 11) is -2.34. The second-order valence-electron chi connectivity index (χ2n) is 5.44. The molecule has 3 rings (SSSR count). The highest BCUT2D eigenvalue weighted by molar-refractivity contribution is 7.89. The molecule has 25 heavy (non-hydrogen) atoms. The van der Waals surface area contributed by atoms with E-state index in [-0.39, 0.29) is 21.5 Å². The van der Waals surface area contributed by atoms with E-state index in [9.17, 15) is 8.42 Å². The van der Waals surface area contributed by atoms with Crippen molar-refractivity contribution in [1.29, 1.82) is 0 Å². The fourth-order valence-electron chi connectivity index (χ4n) is 2.39. The molecular formula is C17H15Cl2N3O2S. The van der Waals surface area contributed by atoms with Gasteiger partial charge in [-0.3, -0.25) is 0 Å². The number of aromatic nitrogens is 2. The van der Waals surface area contributed by atoms with Crippen LogP contribution in [0.3, 0.4) is 0 Å². The second-order valence-corrected chi connectivity index (χ2v) is 8.24.